The first-order chi connectivity index (χ1) is 8.20. The van der Waals surface area contributed by atoms with E-state index in [9.17, 15) is 0 Å². The van der Waals surface area contributed by atoms with Crippen molar-refractivity contribution in [2.45, 2.75) is 33.2 Å². The molecule has 0 fully saturated rings. The monoisotopic (exact) mass is 246 g/mol. The van der Waals surface area contributed by atoms with Crippen LogP contribution in [-0.2, 0) is 6.42 Å². The summed E-state index contributed by atoms with van der Waals surface area (Å²) in [6.07, 6.45) is 1.09. The first kappa shape index (κ1) is 12.1. The lowest BCUT2D eigenvalue weighted by atomic mass is 10.1. The lowest BCUT2D eigenvalue weighted by Gasteiger charge is -2.14. The average molecular weight is 246 g/mol. The Morgan fingerprint density at radius 2 is 2.00 bits per heavy atom. The lowest BCUT2D eigenvalue weighted by molar-refractivity contribution is 0.890. The molecule has 0 amide bonds. The van der Waals surface area contributed by atoms with Crippen molar-refractivity contribution in [3.63, 3.8) is 0 Å². The van der Waals surface area contributed by atoms with Gasteiger partial charge in [-0.05, 0) is 38.0 Å². The maximum absolute atomic E-state index is 4.29. The third-order valence-electron chi connectivity index (χ3n) is 2.92. The van der Waals surface area contributed by atoms with Crippen LogP contribution in [0.25, 0.3) is 0 Å². The Bertz CT molecular complexity index is 473. The van der Waals surface area contributed by atoms with Crippen LogP contribution in [0, 0.1) is 6.92 Å². The number of hydrogen-bond acceptors (Lipinski definition) is 3. The number of aryl methyl sites for hydroxylation is 2. The molecule has 1 N–H and O–H groups in total. The molecule has 1 atom stereocenters. The molecule has 0 saturated heterocycles. The van der Waals surface area contributed by atoms with E-state index >= 15 is 0 Å². The predicted molar refractivity (Wildman–Crippen MR) is 74.7 cm³/mol. The number of rotatable bonds is 4. The van der Waals surface area contributed by atoms with Gasteiger partial charge in [0.05, 0.1) is 17.2 Å². The molecule has 2 aromatic rings. The van der Waals surface area contributed by atoms with Gasteiger partial charge in [-0.2, -0.15) is 0 Å². The molecule has 0 aliphatic heterocycles. The van der Waals surface area contributed by atoms with Gasteiger partial charge in [-0.25, -0.2) is 4.98 Å². The van der Waals surface area contributed by atoms with Crippen LogP contribution < -0.4 is 5.32 Å². The van der Waals surface area contributed by atoms with E-state index in [-0.39, 0.29) is 0 Å². The molecular formula is C14H18N2S. The van der Waals surface area contributed by atoms with Crippen molar-refractivity contribution in [3.8, 4) is 0 Å². The molecule has 0 radical (unpaired) electrons. The predicted octanol–water partition coefficient (Wildman–Crippen LogP) is 4.19. The van der Waals surface area contributed by atoms with E-state index in [1.54, 1.807) is 11.3 Å². The third-order valence-corrected chi connectivity index (χ3v) is 4.03. The van der Waals surface area contributed by atoms with E-state index in [0.29, 0.717) is 6.04 Å². The Morgan fingerprint density at radius 1 is 1.29 bits per heavy atom. The number of anilines is 1. The topological polar surface area (TPSA) is 24.9 Å². The average Bonchev–Trinajstić information content (AvgIpc) is 2.76. The SMILES string of the molecule is CCc1ccc(NC(C)c2scnc2C)cc1. The Balaban J connectivity index is 2.07. The largest absolute Gasteiger partial charge is 0.378 e. The highest BCUT2D eigenvalue weighted by atomic mass is 32.1. The normalized spacial score (nSPS) is 12.4. The number of benzene rings is 1. The highest BCUT2D eigenvalue weighted by Crippen LogP contribution is 2.25. The number of nitrogens with one attached hydrogen (secondary N) is 1. The molecule has 0 aliphatic rings. The summed E-state index contributed by atoms with van der Waals surface area (Å²) in [6, 6.07) is 8.95. The van der Waals surface area contributed by atoms with Crippen LogP contribution in [0.5, 0.6) is 0 Å². The Labute approximate surface area is 107 Å². The summed E-state index contributed by atoms with van der Waals surface area (Å²) in [4.78, 5) is 5.60. The first-order valence-corrected chi connectivity index (χ1v) is 6.84. The fourth-order valence-electron chi connectivity index (χ4n) is 1.88. The van der Waals surface area contributed by atoms with E-state index in [2.05, 4.69) is 55.3 Å². The standard InChI is InChI=1S/C14H18N2S/c1-4-12-5-7-13(8-6-12)16-11(3)14-10(2)15-9-17-14/h5-9,11,16H,4H2,1-3H3. The van der Waals surface area contributed by atoms with Gasteiger partial charge in [-0.15, -0.1) is 11.3 Å². The molecule has 0 bridgehead atoms. The number of thiazole rings is 1. The van der Waals surface area contributed by atoms with Crippen LogP contribution in [0.3, 0.4) is 0 Å². The summed E-state index contributed by atoms with van der Waals surface area (Å²) in [5.41, 5.74) is 5.57. The summed E-state index contributed by atoms with van der Waals surface area (Å²) >= 11 is 1.71. The van der Waals surface area contributed by atoms with Crippen molar-refractivity contribution in [1.29, 1.82) is 0 Å². The van der Waals surface area contributed by atoms with Gasteiger partial charge in [0.2, 0.25) is 0 Å². The van der Waals surface area contributed by atoms with Crippen LogP contribution >= 0.6 is 11.3 Å². The highest BCUT2D eigenvalue weighted by molar-refractivity contribution is 7.09. The van der Waals surface area contributed by atoms with Crippen LogP contribution in [-0.4, -0.2) is 4.98 Å². The minimum Gasteiger partial charge on any atom is -0.378 e. The molecule has 0 aliphatic carbocycles. The van der Waals surface area contributed by atoms with Crippen LogP contribution in [0.15, 0.2) is 29.8 Å². The fraction of sp³-hybridized carbons (Fsp3) is 0.357. The number of aromatic nitrogens is 1. The molecule has 90 valence electrons. The summed E-state index contributed by atoms with van der Waals surface area (Å²) < 4.78 is 0. The molecule has 0 spiro atoms. The summed E-state index contributed by atoms with van der Waals surface area (Å²) in [6.45, 7) is 6.41. The first-order valence-electron chi connectivity index (χ1n) is 5.96. The minimum absolute atomic E-state index is 0.315. The van der Waals surface area contributed by atoms with Gasteiger partial charge in [0.1, 0.15) is 0 Å². The Kier molecular flexibility index (Phi) is 3.79. The summed E-state index contributed by atoms with van der Waals surface area (Å²) in [5.74, 6) is 0. The molecule has 17 heavy (non-hydrogen) atoms. The van der Waals surface area contributed by atoms with E-state index < -0.39 is 0 Å². The maximum atomic E-state index is 4.29. The van der Waals surface area contributed by atoms with E-state index in [1.165, 1.54) is 16.1 Å². The van der Waals surface area contributed by atoms with E-state index in [4.69, 9.17) is 0 Å². The molecule has 1 heterocycles. The van der Waals surface area contributed by atoms with Crippen LogP contribution in [0.1, 0.15) is 36.0 Å². The summed E-state index contributed by atoms with van der Waals surface area (Å²) in [7, 11) is 0. The molecule has 2 rings (SSSR count). The zero-order chi connectivity index (χ0) is 12.3. The van der Waals surface area contributed by atoms with Crippen molar-refractivity contribution < 1.29 is 0 Å². The van der Waals surface area contributed by atoms with Gasteiger partial charge >= 0.3 is 0 Å². The van der Waals surface area contributed by atoms with Gasteiger partial charge in [-0.3, -0.25) is 0 Å². The molecule has 0 saturated carbocycles. The molecular weight excluding hydrogens is 228 g/mol. The second kappa shape index (κ2) is 5.32. The smallest absolute Gasteiger partial charge is 0.0798 e. The fourth-order valence-corrected chi connectivity index (χ4v) is 2.69. The van der Waals surface area contributed by atoms with Crippen LogP contribution in [0.2, 0.25) is 0 Å². The van der Waals surface area contributed by atoms with Crippen molar-refractivity contribution >= 4 is 17.0 Å². The zero-order valence-electron chi connectivity index (χ0n) is 10.5. The molecule has 3 heteroatoms. The van der Waals surface area contributed by atoms with Crippen molar-refractivity contribution in [2.75, 3.05) is 5.32 Å². The molecule has 1 aromatic heterocycles. The van der Waals surface area contributed by atoms with E-state index in [0.717, 1.165) is 12.1 Å². The van der Waals surface area contributed by atoms with Gasteiger partial charge in [-0.1, -0.05) is 19.1 Å². The van der Waals surface area contributed by atoms with Gasteiger partial charge in [0.25, 0.3) is 0 Å². The van der Waals surface area contributed by atoms with Gasteiger partial charge in [0, 0.05) is 10.6 Å². The van der Waals surface area contributed by atoms with Crippen LogP contribution in [0.4, 0.5) is 5.69 Å². The zero-order valence-corrected chi connectivity index (χ0v) is 11.3. The third kappa shape index (κ3) is 2.86. The second-order valence-corrected chi connectivity index (χ2v) is 5.10. The minimum atomic E-state index is 0.315. The van der Waals surface area contributed by atoms with Gasteiger partial charge in [0.15, 0.2) is 0 Å². The van der Waals surface area contributed by atoms with Crippen molar-refractivity contribution in [3.05, 3.63) is 45.9 Å². The highest BCUT2D eigenvalue weighted by Gasteiger charge is 2.10. The van der Waals surface area contributed by atoms with Crippen molar-refractivity contribution in [2.24, 2.45) is 0 Å². The van der Waals surface area contributed by atoms with Crippen molar-refractivity contribution in [1.82, 2.24) is 4.98 Å². The van der Waals surface area contributed by atoms with Gasteiger partial charge < -0.3 is 5.32 Å². The number of nitrogens with zero attached hydrogens (tertiary/aromatic N) is 1. The quantitative estimate of drug-likeness (QED) is 0.875. The Morgan fingerprint density at radius 3 is 2.53 bits per heavy atom. The second-order valence-electron chi connectivity index (χ2n) is 4.22. The maximum Gasteiger partial charge on any atom is 0.0798 e. The molecule has 1 aromatic carbocycles. The summed E-state index contributed by atoms with van der Waals surface area (Å²) in [5, 5.41) is 3.51. The molecule has 1 unspecified atom stereocenters. The lowest BCUT2D eigenvalue weighted by Crippen LogP contribution is -2.06. The number of hydrogen-bond donors (Lipinski definition) is 1. The Hall–Kier alpha value is -1.35. The van der Waals surface area contributed by atoms with E-state index in [1.807, 2.05) is 5.51 Å². The molecule has 2 nitrogen and oxygen atoms in total.